The van der Waals surface area contributed by atoms with Crippen molar-refractivity contribution in [2.24, 2.45) is 0 Å². The van der Waals surface area contributed by atoms with Crippen molar-refractivity contribution in [2.75, 3.05) is 13.1 Å². The molecule has 2 heterocycles. The highest BCUT2D eigenvalue weighted by atomic mass is 35.5. The molecule has 1 aliphatic heterocycles. The quantitative estimate of drug-likeness (QED) is 0.840. The number of amides is 1. The minimum absolute atomic E-state index is 0.0324. The summed E-state index contributed by atoms with van der Waals surface area (Å²) >= 11 is 7.91. The van der Waals surface area contributed by atoms with Crippen LogP contribution in [0, 0.1) is 0 Å². The molecule has 2 fully saturated rings. The van der Waals surface area contributed by atoms with Crippen molar-refractivity contribution in [3.8, 4) is 0 Å². The summed E-state index contributed by atoms with van der Waals surface area (Å²) in [6.07, 6.45) is 4.43. The molecule has 0 radical (unpaired) electrons. The van der Waals surface area contributed by atoms with Gasteiger partial charge >= 0.3 is 0 Å². The minimum Gasteiger partial charge on any atom is -0.339 e. The van der Waals surface area contributed by atoms with Crippen molar-refractivity contribution in [3.05, 3.63) is 44.9 Å². The molecule has 23 heavy (non-hydrogen) atoms. The van der Waals surface area contributed by atoms with Gasteiger partial charge in [0.05, 0.1) is 10.6 Å². The van der Waals surface area contributed by atoms with Crippen LogP contribution in [0.3, 0.4) is 0 Å². The van der Waals surface area contributed by atoms with Gasteiger partial charge in [0, 0.05) is 24.9 Å². The van der Waals surface area contributed by atoms with E-state index in [2.05, 4.69) is 10.2 Å². The minimum atomic E-state index is 0.0324. The fourth-order valence-electron chi connectivity index (χ4n) is 3.04. The summed E-state index contributed by atoms with van der Waals surface area (Å²) in [7, 11) is 0. The predicted molar refractivity (Wildman–Crippen MR) is 91.2 cm³/mol. The summed E-state index contributed by atoms with van der Waals surface area (Å²) in [5, 5.41) is 11.6. The number of benzene rings is 1. The summed E-state index contributed by atoms with van der Waals surface area (Å²) in [4.78, 5) is 14.5. The zero-order chi connectivity index (χ0) is 15.8. The van der Waals surface area contributed by atoms with E-state index in [9.17, 15) is 4.79 Å². The van der Waals surface area contributed by atoms with Gasteiger partial charge in [0.1, 0.15) is 10.0 Å². The van der Waals surface area contributed by atoms with Crippen molar-refractivity contribution in [1.29, 1.82) is 0 Å². The van der Waals surface area contributed by atoms with Gasteiger partial charge in [-0.3, -0.25) is 4.79 Å². The first-order chi connectivity index (χ1) is 11.2. The van der Waals surface area contributed by atoms with Crippen LogP contribution >= 0.6 is 22.9 Å². The van der Waals surface area contributed by atoms with E-state index in [0.717, 1.165) is 30.9 Å². The molecule has 2 aliphatic rings. The van der Waals surface area contributed by atoms with Crippen LogP contribution in [0.25, 0.3) is 0 Å². The van der Waals surface area contributed by atoms with Gasteiger partial charge in [-0.15, -0.1) is 21.5 Å². The fraction of sp³-hybridized carbons (Fsp3) is 0.471. The Bertz CT molecular complexity index is 720. The second-order valence-corrected chi connectivity index (χ2v) is 7.75. The second kappa shape index (κ2) is 6.21. The molecule has 1 aliphatic carbocycles. The third-order valence-corrected chi connectivity index (χ3v) is 6.20. The topological polar surface area (TPSA) is 46.1 Å². The monoisotopic (exact) mass is 347 g/mol. The van der Waals surface area contributed by atoms with Crippen LogP contribution < -0.4 is 0 Å². The van der Waals surface area contributed by atoms with Gasteiger partial charge in [-0.1, -0.05) is 23.7 Å². The summed E-state index contributed by atoms with van der Waals surface area (Å²) < 4.78 is 0. The molecule has 0 bridgehead atoms. The zero-order valence-electron chi connectivity index (χ0n) is 12.7. The van der Waals surface area contributed by atoms with Gasteiger partial charge in [-0.05, 0) is 37.8 Å². The number of aromatic nitrogens is 2. The Morgan fingerprint density at radius 3 is 2.26 bits per heavy atom. The van der Waals surface area contributed by atoms with Crippen molar-refractivity contribution < 1.29 is 4.79 Å². The lowest BCUT2D eigenvalue weighted by atomic mass is 9.97. The standard InChI is InChI=1S/C17H18ClN3OS/c18-14-4-2-1-3-13(14)17(22)21-9-7-12(8-10-21)16-20-19-15(23-16)11-5-6-11/h1-4,11-12H,5-10H2. The number of likely N-dealkylation sites (tertiary alicyclic amines) is 1. The van der Waals surface area contributed by atoms with E-state index >= 15 is 0 Å². The van der Waals surface area contributed by atoms with E-state index in [0.29, 0.717) is 22.4 Å². The lowest BCUT2D eigenvalue weighted by molar-refractivity contribution is 0.0713. The molecule has 4 nitrogen and oxygen atoms in total. The Morgan fingerprint density at radius 1 is 1.04 bits per heavy atom. The molecule has 1 amide bonds. The number of hydrogen-bond donors (Lipinski definition) is 0. The van der Waals surface area contributed by atoms with E-state index < -0.39 is 0 Å². The molecular formula is C17H18ClN3OS. The molecule has 4 rings (SSSR count). The maximum atomic E-state index is 12.6. The average Bonchev–Trinajstić information content (AvgIpc) is 3.32. The Morgan fingerprint density at radius 2 is 1.65 bits per heavy atom. The maximum Gasteiger partial charge on any atom is 0.255 e. The molecule has 0 unspecified atom stereocenters. The largest absolute Gasteiger partial charge is 0.339 e. The van der Waals surface area contributed by atoms with E-state index in [1.807, 2.05) is 17.0 Å². The number of nitrogens with zero attached hydrogens (tertiary/aromatic N) is 3. The maximum absolute atomic E-state index is 12.6. The normalized spacial score (nSPS) is 19.1. The molecule has 0 atom stereocenters. The molecule has 6 heteroatoms. The van der Waals surface area contributed by atoms with Crippen LogP contribution in [0.4, 0.5) is 0 Å². The molecule has 0 spiro atoms. The van der Waals surface area contributed by atoms with Gasteiger partial charge in [-0.25, -0.2) is 0 Å². The molecule has 1 saturated carbocycles. The predicted octanol–water partition coefficient (Wildman–Crippen LogP) is 4.09. The van der Waals surface area contributed by atoms with Crippen molar-refractivity contribution in [3.63, 3.8) is 0 Å². The van der Waals surface area contributed by atoms with Crippen molar-refractivity contribution >= 4 is 28.8 Å². The Balaban J connectivity index is 1.40. The van der Waals surface area contributed by atoms with Gasteiger partial charge in [0.15, 0.2) is 0 Å². The molecule has 1 aromatic heterocycles. The second-order valence-electron chi connectivity index (χ2n) is 6.30. The highest BCUT2D eigenvalue weighted by Crippen LogP contribution is 2.43. The number of halogens is 1. The Kier molecular flexibility index (Phi) is 4.07. The molecule has 1 aromatic carbocycles. The summed E-state index contributed by atoms with van der Waals surface area (Å²) in [6, 6.07) is 7.26. The smallest absolute Gasteiger partial charge is 0.255 e. The number of carbonyl (C=O) groups excluding carboxylic acids is 1. The van der Waals surface area contributed by atoms with Crippen LogP contribution in [0.15, 0.2) is 24.3 Å². The first-order valence-corrected chi connectivity index (χ1v) is 9.29. The van der Waals surface area contributed by atoms with Gasteiger partial charge in [0.2, 0.25) is 0 Å². The third-order valence-electron chi connectivity index (χ3n) is 4.62. The number of rotatable bonds is 3. The SMILES string of the molecule is O=C(c1ccccc1Cl)N1CCC(c2nnc(C3CC3)s2)CC1. The fourth-order valence-corrected chi connectivity index (χ4v) is 4.44. The molecular weight excluding hydrogens is 330 g/mol. The lowest BCUT2D eigenvalue weighted by Gasteiger charge is -2.31. The summed E-state index contributed by atoms with van der Waals surface area (Å²) in [5.74, 6) is 1.14. The van der Waals surface area contributed by atoms with Crippen LogP contribution in [0.2, 0.25) is 5.02 Å². The van der Waals surface area contributed by atoms with E-state index in [1.165, 1.54) is 17.8 Å². The van der Waals surface area contributed by atoms with Crippen LogP contribution in [-0.2, 0) is 0 Å². The Labute approximate surface area is 144 Å². The number of hydrogen-bond acceptors (Lipinski definition) is 4. The molecule has 120 valence electrons. The number of carbonyl (C=O) groups is 1. The van der Waals surface area contributed by atoms with Gasteiger partial charge < -0.3 is 4.90 Å². The Hall–Kier alpha value is -1.46. The summed E-state index contributed by atoms with van der Waals surface area (Å²) in [6.45, 7) is 1.51. The van der Waals surface area contributed by atoms with Crippen molar-refractivity contribution in [2.45, 2.75) is 37.5 Å². The highest BCUT2D eigenvalue weighted by molar-refractivity contribution is 7.11. The zero-order valence-corrected chi connectivity index (χ0v) is 14.3. The highest BCUT2D eigenvalue weighted by Gasteiger charge is 2.31. The molecule has 0 N–H and O–H groups in total. The molecule has 2 aromatic rings. The average molecular weight is 348 g/mol. The van der Waals surface area contributed by atoms with Crippen molar-refractivity contribution in [1.82, 2.24) is 15.1 Å². The summed E-state index contributed by atoms with van der Waals surface area (Å²) in [5.41, 5.74) is 0.597. The van der Waals surface area contributed by atoms with Gasteiger partial charge in [0.25, 0.3) is 5.91 Å². The van der Waals surface area contributed by atoms with Gasteiger partial charge in [-0.2, -0.15) is 0 Å². The third kappa shape index (κ3) is 3.12. The molecule has 1 saturated heterocycles. The number of piperidine rings is 1. The van der Waals surface area contributed by atoms with Crippen LogP contribution in [-0.4, -0.2) is 34.1 Å². The van der Waals surface area contributed by atoms with E-state index in [1.54, 1.807) is 23.5 Å². The van der Waals surface area contributed by atoms with E-state index in [4.69, 9.17) is 11.6 Å². The first-order valence-electron chi connectivity index (χ1n) is 8.09. The van der Waals surface area contributed by atoms with Crippen LogP contribution in [0.1, 0.15) is 57.9 Å². The lowest BCUT2D eigenvalue weighted by Crippen LogP contribution is -2.38. The van der Waals surface area contributed by atoms with E-state index in [-0.39, 0.29) is 5.91 Å². The van der Waals surface area contributed by atoms with Crippen LogP contribution in [0.5, 0.6) is 0 Å². The first kappa shape index (κ1) is 15.1.